The zero-order valence-corrected chi connectivity index (χ0v) is 16.2. The smallest absolute Gasteiger partial charge is 0.215 e. The summed E-state index contributed by atoms with van der Waals surface area (Å²) in [5.41, 5.74) is 3.07. The predicted octanol–water partition coefficient (Wildman–Crippen LogP) is 5.65. The van der Waals surface area contributed by atoms with Gasteiger partial charge in [-0.3, -0.25) is 0 Å². The van der Waals surface area contributed by atoms with Crippen molar-refractivity contribution in [2.75, 3.05) is 7.11 Å². The molecule has 2 aliphatic rings. The molecule has 0 amide bonds. The maximum Gasteiger partial charge on any atom is 0.215 e. The average Bonchev–Trinajstić information content (AvgIpc) is 3.37. The molecule has 3 aromatic rings. The first kappa shape index (κ1) is 16.7. The van der Waals surface area contributed by atoms with Gasteiger partial charge >= 0.3 is 0 Å². The van der Waals surface area contributed by atoms with Gasteiger partial charge in [-0.25, -0.2) is 5.01 Å². The molecule has 1 aromatic heterocycles. The van der Waals surface area contributed by atoms with Crippen LogP contribution in [0, 0.1) is 0 Å². The molecule has 0 unspecified atom stereocenters. The fourth-order valence-electron chi connectivity index (χ4n) is 3.72. The highest BCUT2D eigenvalue weighted by molar-refractivity contribution is 7.12. The van der Waals surface area contributed by atoms with Gasteiger partial charge in [0.2, 0.25) is 6.23 Å². The summed E-state index contributed by atoms with van der Waals surface area (Å²) in [5, 5.41) is 9.73. The van der Waals surface area contributed by atoms with Crippen molar-refractivity contribution in [2.45, 2.75) is 18.7 Å². The Labute approximate surface area is 166 Å². The van der Waals surface area contributed by atoms with Gasteiger partial charge in [0.05, 0.1) is 23.7 Å². The van der Waals surface area contributed by atoms with E-state index in [2.05, 4.69) is 23.6 Å². The monoisotopic (exact) mass is 396 g/mol. The summed E-state index contributed by atoms with van der Waals surface area (Å²) in [4.78, 5) is 1.19. The average molecular weight is 397 g/mol. The normalized spacial score (nSPS) is 20.5. The minimum Gasteiger partial charge on any atom is -0.493 e. The number of thiophene rings is 1. The van der Waals surface area contributed by atoms with Crippen molar-refractivity contribution in [3.8, 4) is 11.5 Å². The summed E-state index contributed by atoms with van der Waals surface area (Å²) >= 11 is 8.21. The zero-order chi connectivity index (χ0) is 18.4. The van der Waals surface area contributed by atoms with Crippen LogP contribution in [0.1, 0.15) is 34.7 Å². The van der Waals surface area contributed by atoms with E-state index in [1.54, 1.807) is 18.4 Å². The lowest BCUT2D eigenvalue weighted by molar-refractivity contribution is -0.0208. The molecule has 2 aliphatic heterocycles. The highest BCUT2D eigenvalue weighted by atomic mass is 35.5. The Morgan fingerprint density at radius 3 is 2.74 bits per heavy atom. The third-order valence-electron chi connectivity index (χ3n) is 4.98. The molecule has 0 saturated carbocycles. The number of benzene rings is 2. The SMILES string of the molecule is COc1cccc2c1O[C@@H](c1ccccc1Cl)N1N=C(c3cccs3)C[C@H]21. The van der Waals surface area contributed by atoms with Gasteiger partial charge in [0.1, 0.15) is 0 Å². The van der Waals surface area contributed by atoms with Gasteiger partial charge in [-0.2, -0.15) is 5.10 Å². The van der Waals surface area contributed by atoms with E-state index in [4.69, 9.17) is 26.2 Å². The minimum atomic E-state index is -0.398. The fourth-order valence-corrected chi connectivity index (χ4v) is 4.67. The Hall–Kier alpha value is -2.50. The van der Waals surface area contributed by atoms with Crippen LogP contribution >= 0.6 is 22.9 Å². The number of hydrogen-bond acceptors (Lipinski definition) is 5. The number of methoxy groups -OCH3 is 1. The number of para-hydroxylation sites is 1. The molecule has 0 radical (unpaired) electrons. The number of hydrogen-bond donors (Lipinski definition) is 0. The van der Waals surface area contributed by atoms with E-state index in [9.17, 15) is 0 Å². The summed E-state index contributed by atoms with van der Waals surface area (Å²) < 4.78 is 12.0. The zero-order valence-electron chi connectivity index (χ0n) is 14.6. The molecule has 27 heavy (non-hydrogen) atoms. The van der Waals surface area contributed by atoms with Gasteiger partial charge in [-0.05, 0) is 23.6 Å². The van der Waals surface area contributed by atoms with E-state index in [0.29, 0.717) is 5.02 Å². The van der Waals surface area contributed by atoms with Crippen LogP contribution in [0.25, 0.3) is 0 Å². The van der Waals surface area contributed by atoms with Crippen LogP contribution in [0.5, 0.6) is 11.5 Å². The number of halogens is 1. The summed E-state index contributed by atoms with van der Waals surface area (Å²) in [6.07, 6.45) is 0.426. The molecule has 3 heterocycles. The highest BCUT2D eigenvalue weighted by Crippen LogP contribution is 2.51. The van der Waals surface area contributed by atoms with Crippen LogP contribution in [0.15, 0.2) is 65.1 Å². The number of ether oxygens (including phenoxy) is 2. The Balaban J connectivity index is 1.66. The summed E-state index contributed by atoms with van der Waals surface area (Å²) in [6.45, 7) is 0. The Kier molecular flexibility index (Phi) is 4.06. The Morgan fingerprint density at radius 1 is 1.11 bits per heavy atom. The molecule has 0 fully saturated rings. The third-order valence-corrected chi connectivity index (χ3v) is 6.24. The maximum absolute atomic E-state index is 6.50. The summed E-state index contributed by atoms with van der Waals surface area (Å²) in [5.74, 6) is 1.50. The molecule has 0 bridgehead atoms. The summed E-state index contributed by atoms with van der Waals surface area (Å²) in [6, 6.07) is 18.0. The van der Waals surface area contributed by atoms with E-state index in [1.807, 2.05) is 41.4 Å². The molecular weight excluding hydrogens is 380 g/mol. The van der Waals surface area contributed by atoms with Gasteiger partial charge in [-0.15, -0.1) is 11.3 Å². The lowest BCUT2D eigenvalue weighted by Gasteiger charge is -2.38. The van der Waals surface area contributed by atoms with Crippen molar-refractivity contribution in [3.63, 3.8) is 0 Å². The van der Waals surface area contributed by atoms with Crippen LogP contribution in [0.2, 0.25) is 5.02 Å². The second-order valence-corrected chi connectivity index (χ2v) is 7.85. The van der Waals surface area contributed by atoms with Crippen molar-refractivity contribution < 1.29 is 9.47 Å². The number of hydrazone groups is 1. The van der Waals surface area contributed by atoms with Gasteiger partial charge < -0.3 is 9.47 Å². The van der Waals surface area contributed by atoms with Gasteiger partial charge in [0, 0.05) is 22.6 Å². The lowest BCUT2D eigenvalue weighted by Crippen LogP contribution is -2.34. The first-order chi connectivity index (χ1) is 13.3. The van der Waals surface area contributed by atoms with Crippen molar-refractivity contribution in [1.82, 2.24) is 5.01 Å². The number of fused-ring (bicyclic) bond motifs is 3. The molecule has 5 rings (SSSR count). The summed E-state index contributed by atoms with van der Waals surface area (Å²) in [7, 11) is 1.66. The van der Waals surface area contributed by atoms with Crippen molar-refractivity contribution >= 4 is 28.6 Å². The Morgan fingerprint density at radius 2 is 1.96 bits per heavy atom. The van der Waals surface area contributed by atoms with E-state index >= 15 is 0 Å². The first-order valence-corrected chi connectivity index (χ1v) is 9.99. The molecule has 2 aromatic carbocycles. The molecule has 0 aliphatic carbocycles. The van der Waals surface area contributed by atoms with Crippen LogP contribution in [0.3, 0.4) is 0 Å². The first-order valence-electron chi connectivity index (χ1n) is 8.74. The second kappa shape index (κ2) is 6.59. The minimum absolute atomic E-state index is 0.0854. The predicted molar refractivity (Wildman–Crippen MR) is 108 cm³/mol. The van der Waals surface area contributed by atoms with Crippen LogP contribution in [0.4, 0.5) is 0 Å². The van der Waals surface area contributed by atoms with Gasteiger partial charge in [-0.1, -0.05) is 48.0 Å². The van der Waals surface area contributed by atoms with E-state index in [1.165, 1.54) is 4.88 Å². The molecule has 0 N–H and O–H groups in total. The van der Waals surface area contributed by atoms with E-state index in [0.717, 1.165) is 34.8 Å². The van der Waals surface area contributed by atoms with Gasteiger partial charge in [0.25, 0.3) is 0 Å². The van der Waals surface area contributed by atoms with Crippen LogP contribution in [-0.2, 0) is 0 Å². The molecule has 0 spiro atoms. The van der Waals surface area contributed by atoms with E-state index in [-0.39, 0.29) is 6.04 Å². The highest BCUT2D eigenvalue weighted by Gasteiger charge is 2.42. The molecule has 0 saturated heterocycles. The molecule has 136 valence electrons. The topological polar surface area (TPSA) is 34.1 Å². The van der Waals surface area contributed by atoms with Gasteiger partial charge in [0.15, 0.2) is 11.5 Å². The van der Waals surface area contributed by atoms with Crippen LogP contribution in [-0.4, -0.2) is 17.8 Å². The largest absolute Gasteiger partial charge is 0.493 e. The number of nitrogens with zero attached hydrogens (tertiary/aromatic N) is 2. The Bertz CT molecular complexity index is 1020. The third kappa shape index (κ3) is 2.69. The molecule has 6 heteroatoms. The lowest BCUT2D eigenvalue weighted by atomic mass is 9.97. The fraction of sp³-hybridized carbons (Fsp3) is 0.190. The molecular formula is C21H17ClN2O2S. The number of rotatable bonds is 3. The van der Waals surface area contributed by atoms with Crippen molar-refractivity contribution in [2.24, 2.45) is 5.10 Å². The quantitative estimate of drug-likeness (QED) is 0.573. The van der Waals surface area contributed by atoms with Crippen LogP contribution < -0.4 is 9.47 Å². The second-order valence-electron chi connectivity index (χ2n) is 6.49. The maximum atomic E-state index is 6.50. The molecule has 2 atom stereocenters. The van der Waals surface area contributed by atoms with Crippen molar-refractivity contribution in [1.29, 1.82) is 0 Å². The van der Waals surface area contributed by atoms with E-state index < -0.39 is 6.23 Å². The standard InChI is InChI=1S/C21H17ClN2O2S/c1-25-18-9-4-7-14-17-12-16(19-10-5-11-27-19)23-24(17)21(26-20(14)18)13-6-2-3-8-15(13)22/h2-11,17,21H,12H2,1H3/t17-,21+/m1/s1. The van der Waals surface area contributed by atoms with Crippen molar-refractivity contribution in [3.05, 3.63) is 81.0 Å². The molecule has 4 nitrogen and oxygen atoms in total.